The van der Waals surface area contributed by atoms with Gasteiger partial charge in [0, 0.05) is 24.6 Å². The molecule has 1 aromatic heterocycles. The average molecular weight is 342 g/mol. The second kappa shape index (κ2) is 7.53. The van der Waals surface area contributed by atoms with Gasteiger partial charge in [0.05, 0.1) is 25.0 Å². The summed E-state index contributed by atoms with van der Waals surface area (Å²) in [4.78, 5) is 15.2. The summed E-state index contributed by atoms with van der Waals surface area (Å²) >= 11 is 0. The number of ether oxygens (including phenoxy) is 3. The predicted octanol–water partition coefficient (Wildman–Crippen LogP) is 3.46. The van der Waals surface area contributed by atoms with Gasteiger partial charge in [-0.15, -0.1) is 0 Å². The number of carbonyl (C=O) groups is 1. The molecule has 1 aliphatic rings. The number of aromatic nitrogens is 1. The number of amides is 1. The van der Waals surface area contributed by atoms with E-state index in [0.717, 1.165) is 22.6 Å². The molecular formula is C19H22N2O4. The van der Waals surface area contributed by atoms with E-state index in [-0.39, 0.29) is 18.3 Å². The summed E-state index contributed by atoms with van der Waals surface area (Å²) in [6, 6.07) is 11.9. The smallest absolute Gasteiger partial charge is 0.404 e. The summed E-state index contributed by atoms with van der Waals surface area (Å²) in [6.45, 7) is 1.97. The number of rotatable bonds is 6. The predicted molar refractivity (Wildman–Crippen MR) is 93.2 cm³/mol. The minimum atomic E-state index is -0.729. The van der Waals surface area contributed by atoms with Crippen LogP contribution in [0.4, 0.5) is 4.79 Å². The van der Waals surface area contributed by atoms with Gasteiger partial charge < -0.3 is 19.9 Å². The number of nitrogens with zero attached hydrogens (tertiary/aromatic N) is 1. The fourth-order valence-electron chi connectivity index (χ4n) is 2.85. The van der Waals surface area contributed by atoms with Crippen molar-refractivity contribution in [1.82, 2.24) is 4.98 Å². The van der Waals surface area contributed by atoms with Gasteiger partial charge in [0.15, 0.2) is 0 Å². The number of primary amides is 1. The Balaban J connectivity index is 1.55. The molecule has 0 spiro atoms. The van der Waals surface area contributed by atoms with E-state index in [4.69, 9.17) is 19.9 Å². The Labute approximate surface area is 146 Å². The van der Waals surface area contributed by atoms with Crippen LogP contribution in [0.5, 0.6) is 5.75 Å². The van der Waals surface area contributed by atoms with E-state index in [9.17, 15) is 4.79 Å². The second-order valence-corrected chi connectivity index (χ2v) is 6.13. The minimum Gasteiger partial charge on any atom is -0.497 e. The summed E-state index contributed by atoms with van der Waals surface area (Å²) in [5.74, 6) is 0.828. The van der Waals surface area contributed by atoms with Crippen molar-refractivity contribution in [3.63, 3.8) is 0 Å². The largest absolute Gasteiger partial charge is 0.497 e. The molecule has 1 aromatic carbocycles. The van der Waals surface area contributed by atoms with Gasteiger partial charge >= 0.3 is 6.09 Å². The number of hydrogen-bond acceptors (Lipinski definition) is 5. The highest BCUT2D eigenvalue weighted by Gasteiger charge is 2.34. The van der Waals surface area contributed by atoms with Crippen molar-refractivity contribution in [3.05, 3.63) is 48.3 Å². The van der Waals surface area contributed by atoms with Crippen LogP contribution in [0.2, 0.25) is 0 Å². The first-order chi connectivity index (χ1) is 12.0. The lowest BCUT2D eigenvalue weighted by molar-refractivity contribution is -0.102. The van der Waals surface area contributed by atoms with E-state index in [2.05, 4.69) is 4.98 Å². The SMILES string of the molecule is COc1ccc(-c2ccc(C(C)OC3CC(OC(N)=O)C3)nc2)cc1. The van der Waals surface area contributed by atoms with Crippen LogP contribution in [0, 0.1) is 0 Å². The van der Waals surface area contributed by atoms with Crippen molar-refractivity contribution in [2.24, 2.45) is 5.73 Å². The van der Waals surface area contributed by atoms with E-state index in [1.54, 1.807) is 7.11 Å². The van der Waals surface area contributed by atoms with Gasteiger partial charge in [-0.05, 0) is 30.7 Å². The highest BCUT2D eigenvalue weighted by molar-refractivity contribution is 5.65. The molecule has 0 aliphatic heterocycles. The Morgan fingerprint density at radius 3 is 2.36 bits per heavy atom. The number of benzene rings is 1. The molecule has 1 heterocycles. The lowest BCUT2D eigenvalue weighted by atomic mass is 9.91. The number of hydrogen-bond donors (Lipinski definition) is 1. The monoisotopic (exact) mass is 342 g/mol. The summed E-state index contributed by atoms with van der Waals surface area (Å²) in [7, 11) is 1.65. The summed E-state index contributed by atoms with van der Waals surface area (Å²) in [6.07, 6.45) is 2.30. The van der Waals surface area contributed by atoms with Gasteiger partial charge in [0.25, 0.3) is 0 Å². The lowest BCUT2D eigenvalue weighted by Crippen LogP contribution is -2.40. The van der Waals surface area contributed by atoms with Gasteiger partial charge in [-0.3, -0.25) is 4.98 Å². The molecule has 1 fully saturated rings. The molecule has 3 rings (SSSR count). The quantitative estimate of drug-likeness (QED) is 0.869. The number of methoxy groups -OCH3 is 1. The molecular weight excluding hydrogens is 320 g/mol. The summed E-state index contributed by atoms with van der Waals surface area (Å²) in [5.41, 5.74) is 7.99. The fraction of sp³-hybridized carbons (Fsp3) is 0.368. The molecule has 25 heavy (non-hydrogen) atoms. The molecule has 0 bridgehead atoms. The summed E-state index contributed by atoms with van der Waals surface area (Å²) in [5, 5.41) is 0. The van der Waals surface area contributed by atoms with Crippen LogP contribution in [0.25, 0.3) is 11.1 Å². The highest BCUT2D eigenvalue weighted by atomic mass is 16.6. The van der Waals surface area contributed by atoms with E-state index in [0.29, 0.717) is 12.8 Å². The van der Waals surface area contributed by atoms with E-state index >= 15 is 0 Å². The van der Waals surface area contributed by atoms with Gasteiger partial charge in [0.1, 0.15) is 11.9 Å². The Morgan fingerprint density at radius 2 is 1.80 bits per heavy atom. The standard InChI is InChI=1S/C19H22N2O4/c1-12(24-16-9-17(10-16)25-19(20)22)18-8-5-14(11-21-18)13-3-6-15(23-2)7-4-13/h3-8,11-12,16-17H,9-10H2,1-2H3,(H2,20,22). The van der Waals surface area contributed by atoms with Crippen molar-refractivity contribution in [2.75, 3.05) is 7.11 Å². The van der Waals surface area contributed by atoms with Crippen LogP contribution < -0.4 is 10.5 Å². The Hall–Kier alpha value is -2.60. The van der Waals surface area contributed by atoms with Crippen molar-refractivity contribution in [2.45, 2.75) is 38.1 Å². The fourth-order valence-corrected chi connectivity index (χ4v) is 2.85. The molecule has 0 radical (unpaired) electrons. The van der Waals surface area contributed by atoms with Gasteiger partial charge in [0.2, 0.25) is 0 Å². The lowest BCUT2D eigenvalue weighted by Gasteiger charge is -2.35. The molecule has 1 amide bonds. The molecule has 0 saturated heterocycles. The highest BCUT2D eigenvalue weighted by Crippen LogP contribution is 2.31. The maximum absolute atomic E-state index is 10.7. The van der Waals surface area contributed by atoms with Crippen molar-refractivity contribution < 1.29 is 19.0 Å². The Kier molecular flexibility index (Phi) is 5.19. The third-order valence-electron chi connectivity index (χ3n) is 4.36. The van der Waals surface area contributed by atoms with Crippen molar-refractivity contribution >= 4 is 6.09 Å². The third-order valence-corrected chi connectivity index (χ3v) is 4.36. The third kappa shape index (κ3) is 4.28. The second-order valence-electron chi connectivity index (χ2n) is 6.13. The Morgan fingerprint density at radius 1 is 1.12 bits per heavy atom. The van der Waals surface area contributed by atoms with Crippen LogP contribution in [-0.4, -0.2) is 30.4 Å². The van der Waals surface area contributed by atoms with Crippen LogP contribution in [0.3, 0.4) is 0 Å². The summed E-state index contributed by atoms with van der Waals surface area (Å²) < 4.78 is 16.0. The van der Waals surface area contributed by atoms with Crippen LogP contribution in [0.15, 0.2) is 42.6 Å². The molecule has 1 atom stereocenters. The molecule has 2 N–H and O–H groups in total. The molecule has 6 heteroatoms. The first-order valence-corrected chi connectivity index (χ1v) is 8.27. The van der Waals surface area contributed by atoms with E-state index < -0.39 is 6.09 Å². The first-order valence-electron chi connectivity index (χ1n) is 8.27. The molecule has 1 unspecified atom stereocenters. The maximum atomic E-state index is 10.7. The van der Waals surface area contributed by atoms with Gasteiger partial charge in [-0.1, -0.05) is 18.2 Å². The number of pyridine rings is 1. The normalized spacial score (nSPS) is 20.4. The van der Waals surface area contributed by atoms with Gasteiger partial charge in [-0.2, -0.15) is 0 Å². The van der Waals surface area contributed by atoms with Crippen LogP contribution in [0.1, 0.15) is 31.6 Å². The average Bonchev–Trinajstić information content (AvgIpc) is 2.59. The molecule has 1 saturated carbocycles. The van der Waals surface area contributed by atoms with Crippen molar-refractivity contribution in [3.8, 4) is 16.9 Å². The molecule has 6 nitrogen and oxygen atoms in total. The first kappa shape index (κ1) is 17.2. The van der Waals surface area contributed by atoms with E-state index in [1.807, 2.05) is 49.5 Å². The van der Waals surface area contributed by atoms with Crippen molar-refractivity contribution in [1.29, 1.82) is 0 Å². The molecule has 2 aromatic rings. The topological polar surface area (TPSA) is 83.7 Å². The zero-order valence-corrected chi connectivity index (χ0v) is 14.3. The minimum absolute atomic E-state index is 0.0717. The Bertz CT molecular complexity index is 709. The molecule has 1 aliphatic carbocycles. The number of nitrogens with two attached hydrogens (primary N) is 1. The van der Waals surface area contributed by atoms with Crippen LogP contribution in [-0.2, 0) is 9.47 Å². The zero-order chi connectivity index (χ0) is 17.8. The van der Waals surface area contributed by atoms with Gasteiger partial charge in [-0.25, -0.2) is 4.79 Å². The number of carbonyl (C=O) groups excluding carboxylic acids is 1. The van der Waals surface area contributed by atoms with Crippen LogP contribution >= 0.6 is 0 Å². The van der Waals surface area contributed by atoms with E-state index in [1.165, 1.54) is 0 Å². The zero-order valence-electron chi connectivity index (χ0n) is 14.3. The maximum Gasteiger partial charge on any atom is 0.404 e. The molecule has 132 valence electrons.